The van der Waals surface area contributed by atoms with Gasteiger partial charge in [0.1, 0.15) is 11.6 Å². The third-order valence-corrected chi connectivity index (χ3v) is 7.59. The van der Waals surface area contributed by atoms with Gasteiger partial charge in [0.25, 0.3) is 0 Å². The van der Waals surface area contributed by atoms with E-state index in [-0.39, 0.29) is 30.3 Å². The SMILES string of the molecule is C=CCN1C(=O)[C@H]2[C@@H](C(=O)N[C@H]3CCCC[C@@H]3C)[C@]3(C)C=C[C@]2(O3)[C@H]1C(=O)NC(C)(C)C. The van der Waals surface area contributed by atoms with Gasteiger partial charge in [-0.05, 0) is 46.5 Å². The molecule has 1 saturated carbocycles. The van der Waals surface area contributed by atoms with E-state index in [9.17, 15) is 14.4 Å². The molecule has 1 aliphatic carbocycles. The topological polar surface area (TPSA) is 87.7 Å². The Morgan fingerprint density at radius 3 is 2.56 bits per heavy atom. The van der Waals surface area contributed by atoms with E-state index in [0.717, 1.165) is 19.3 Å². The van der Waals surface area contributed by atoms with Gasteiger partial charge in [0.2, 0.25) is 17.7 Å². The first-order valence-electron chi connectivity index (χ1n) is 11.9. The predicted molar refractivity (Wildman–Crippen MR) is 121 cm³/mol. The number of hydrogen-bond donors (Lipinski definition) is 2. The number of hydrogen-bond acceptors (Lipinski definition) is 4. The minimum atomic E-state index is -1.15. The largest absolute Gasteiger partial charge is 0.356 e. The van der Waals surface area contributed by atoms with E-state index in [0.29, 0.717) is 5.92 Å². The Balaban J connectivity index is 1.68. The summed E-state index contributed by atoms with van der Waals surface area (Å²) in [6, 6.07) is -0.735. The van der Waals surface area contributed by atoms with Gasteiger partial charge in [0.15, 0.2) is 0 Å². The molecule has 0 unspecified atom stereocenters. The molecule has 3 heterocycles. The third kappa shape index (κ3) is 3.49. The van der Waals surface area contributed by atoms with Crippen molar-refractivity contribution in [3.63, 3.8) is 0 Å². The Morgan fingerprint density at radius 1 is 1.25 bits per heavy atom. The summed E-state index contributed by atoms with van der Waals surface area (Å²) in [7, 11) is 0. The van der Waals surface area contributed by atoms with Gasteiger partial charge in [-0.2, -0.15) is 0 Å². The van der Waals surface area contributed by atoms with Crippen LogP contribution in [-0.2, 0) is 19.1 Å². The molecule has 3 fully saturated rings. The lowest BCUT2D eigenvalue weighted by Gasteiger charge is -2.34. The van der Waals surface area contributed by atoms with Crippen LogP contribution in [0.2, 0.25) is 0 Å². The van der Waals surface area contributed by atoms with Crippen molar-refractivity contribution in [3.05, 3.63) is 24.8 Å². The maximum Gasteiger partial charge on any atom is 0.246 e. The molecule has 1 spiro atoms. The molecule has 0 aromatic heterocycles. The Bertz CT molecular complexity index is 862. The number of carbonyl (C=O) groups is 3. The van der Waals surface area contributed by atoms with Crippen LogP contribution in [0.5, 0.6) is 0 Å². The Labute approximate surface area is 191 Å². The molecule has 0 aromatic carbocycles. The van der Waals surface area contributed by atoms with E-state index >= 15 is 0 Å². The molecule has 2 saturated heterocycles. The fraction of sp³-hybridized carbons (Fsp3) is 0.720. The molecule has 4 aliphatic rings. The van der Waals surface area contributed by atoms with Crippen molar-refractivity contribution < 1.29 is 19.1 Å². The number of nitrogens with zero attached hydrogens (tertiary/aromatic N) is 1. The number of rotatable bonds is 5. The highest BCUT2D eigenvalue weighted by molar-refractivity contribution is 6.00. The molecule has 32 heavy (non-hydrogen) atoms. The summed E-state index contributed by atoms with van der Waals surface area (Å²) in [5.41, 5.74) is -2.53. The van der Waals surface area contributed by atoms with Gasteiger partial charge in [-0.1, -0.05) is 38.0 Å². The van der Waals surface area contributed by atoms with Crippen molar-refractivity contribution in [1.29, 1.82) is 0 Å². The van der Waals surface area contributed by atoms with Gasteiger partial charge in [-0.3, -0.25) is 14.4 Å². The second-order valence-electron chi connectivity index (χ2n) is 11.2. The molecule has 0 aromatic rings. The molecular weight excluding hydrogens is 406 g/mol. The van der Waals surface area contributed by atoms with Crippen LogP contribution in [0, 0.1) is 17.8 Å². The zero-order valence-corrected chi connectivity index (χ0v) is 19.9. The van der Waals surface area contributed by atoms with Crippen molar-refractivity contribution in [2.45, 2.75) is 89.1 Å². The van der Waals surface area contributed by atoms with Gasteiger partial charge in [0, 0.05) is 18.1 Å². The van der Waals surface area contributed by atoms with Crippen molar-refractivity contribution in [3.8, 4) is 0 Å². The van der Waals surface area contributed by atoms with Crippen molar-refractivity contribution >= 4 is 17.7 Å². The smallest absolute Gasteiger partial charge is 0.246 e. The predicted octanol–water partition coefficient (Wildman–Crippen LogP) is 2.32. The highest BCUT2D eigenvalue weighted by atomic mass is 16.5. The summed E-state index contributed by atoms with van der Waals surface area (Å²) >= 11 is 0. The maximum absolute atomic E-state index is 13.7. The van der Waals surface area contributed by atoms with Crippen LogP contribution in [0.1, 0.15) is 60.3 Å². The number of likely N-dealkylation sites (tertiary alicyclic amines) is 1. The van der Waals surface area contributed by atoms with E-state index in [1.54, 1.807) is 6.08 Å². The van der Waals surface area contributed by atoms with E-state index in [4.69, 9.17) is 4.74 Å². The molecule has 4 rings (SSSR count). The maximum atomic E-state index is 13.7. The molecule has 3 amide bonds. The van der Waals surface area contributed by atoms with Crippen molar-refractivity contribution in [2.75, 3.05) is 6.54 Å². The fourth-order valence-corrected chi connectivity index (χ4v) is 6.21. The van der Waals surface area contributed by atoms with Crippen molar-refractivity contribution in [2.24, 2.45) is 17.8 Å². The van der Waals surface area contributed by atoms with Gasteiger partial charge >= 0.3 is 0 Å². The average molecular weight is 444 g/mol. The zero-order valence-electron chi connectivity index (χ0n) is 19.9. The second-order valence-corrected chi connectivity index (χ2v) is 11.2. The van der Waals surface area contributed by atoms with E-state index in [2.05, 4.69) is 24.1 Å². The number of carbonyl (C=O) groups excluding carboxylic acids is 3. The second kappa shape index (κ2) is 7.72. The lowest BCUT2D eigenvalue weighted by molar-refractivity contribution is -0.145. The van der Waals surface area contributed by atoms with Gasteiger partial charge in [-0.15, -0.1) is 6.58 Å². The number of ether oxygens (including phenoxy) is 1. The standard InChI is InChI=1S/C25H37N3O4/c1-7-14-28-19(21(30)27-23(3,4)5)25-13-12-24(6,32-25)17(18(25)22(28)31)20(29)26-16-11-9-8-10-15(16)2/h7,12-13,15-19H,1,8-11,14H2,2-6H3,(H,26,29)(H,27,30)/t15-,16-,17-,18+,19+,24-,25+/m0/s1. The van der Waals surface area contributed by atoms with E-state index in [1.165, 1.54) is 11.3 Å². The van der Waals surface area contributed by atoms with E-state index in [1.807, 2.05) is 39.8 Å². The Hall–Kier alpha value is -2.15. The normalized spacial score (nSPS) is 40.3. The summed E-state index contributed by atoms with van der Waals surface area (Å²) in [6.45, 7) is 13.7. The van der Waals surface area contributed by atoms with Crippen LogP contribution >= 0.6 is 0 Å². The van der Waals surface area contributed by atoms with Crippen LogP contribution in [0.25, 0.3) is 0 Å². The Kier molecular flexibility index (Phi) is 5.55. The summed E-state index contributed by atoms with van der Waals surface area (Å²) in [5.74, 6) is -1.63. The summed E-state index contributed by atoms with van der Waals surface area (Å²) in [5, 5.41) is 6.24. The number of nitrogens with one attached hydrogen (secondary N) is 2. The quantitative estimate of drug-likeness (QED) is 0.639. The van der Waals surface area contributed by atoms with Crippen LogP contribution in [0.15, 0.2) is 24.8 Å². The molecule has 176 valence electrons. The van der Waals surface area contributed by atoms with Gasteiger partial charge < -0.3 is 20.3 Å². The highest BCUT2D eigenvalue weighted by Crippen LogP contribution is 2.59. The first-order valence-corrected chi connectivity index (χ1v) is 11.9. The van der Waals surface area contributed by atoms with Crippen molar-refractivity contribution in [1.82, 2.24) is 15.5 Å². The minimum Gasteiger partial charge on any atom is -0.356 e. The number of fused-ring (bicyclic) bond motifs is 1. The van der Waals surface area contributed by atoms with Gasteiger partial charge in [-0.25, -0.2) is 0 Å². The molecule has 7 atom stereocenters. The molecule has 7 heteroatoms. The molecular formula is C25H37N3O4. The molecule has 3 aliphatic heterocycles. The molecule has 2 N–H and O–H groups in total. The zero-order chi connectivity index (χ0) is 23.5. The highest BCUT2D eigenvalue weighted by Gasteiger charge is 2.76. The van der Waals surface area contributed by atoms with Crippen LogP contribution in [0.4, 0.5) is 0 Å². The van der Waals surface area contributed by atoms with Crippen LogP contribution in [-0.4, -0.2) is 58.0 Å². The van der Waals surface area contributed by atoms with E-state index < -0.39 is 34.6 Å². The minimum absolute atomic E-state index is 0.111. The molecule has 2 bridgehead atoms. The lowest BCUT2D eigenvalue weighted by atomic mass is 9.70. The number of amides is 3. The molecule has 0 radical (unpaired) electrons. The fourth-order valence-electron chi connectivity index (χ4n) is 6.21. The van der Waals surface area contributed by atoms with Gasteiger partial charge in [0.05, 0.1) is 17.4 Å². The summed E-state index contributed by atoms with van der Waals surface area (Å²) in [6.07, 6.45) is 9.67. The molecule has 7 nitrogen and oxygen atoms in total. The lowest BCUT2D eigenvalue weighted by Crippen LogP contribution is -2.58. The monoisotopic (exact) mass is 443 g/mol. The summed E-state index contributed by atoms with van der Waals surface area (Å²) in [4.78, 5) is 42.2. The first kappa shape index (κ1) is 23.0. The Morgan fingerprint density at radius 2 is 1.94 bits per heavy atom. The van der Waals surface area contributed by atoms with Crippen LogP contribution < -0.4 is 10.6 Å². The van der Waals surface area contributed by atoms with Crippen LogP contribution in [0.3, 0.4) is 0 Å². The third-order valence-electron chi connectivity index (χ3n) is 7.59. The first-order chi connectivity index (χ1) is 14.9. The average Bonchev–Trinajstić information content (AvgIpc) is 3.24. The summed E-state index contributed by atoms with van der Waals surface area (Å²) < 4.78 is 6.49.